The molecule has 280 valence electrons. The predicted molar refractivity (Wildman–Crippen MR) is 239 cm³/mol. The molecule has 11 rings (SSSR count). The van der Waals surface area contributed by atoms with Crippen LogP contribution in [0.1, 0.15) is 104 Å². The molecule has 0 bridgehead atoms. The Kier molecular flexibility index (Phi) is 7.71. The number of carbonyl (C=O) groups excluding carboxylic acids is 1. The van der Waals surface area contributed by atoms with Gasteiger partial charge in [0.2, 0.25) is 5.91 Å². The van der Waals surface area contributed by atoms with Crippen LogP contribution in [-0.2, 0) is 5.41 Å². The Hall–Kier alpha value is -5.93. The number of para-hydroxylation sites is 2. The second kappa shape index (κ2) is 12.8. The molecule has 1 heterocycles. The monoisotopic (exact) mass is 740 g/mol. The molecule has 7 aromatic carbocycles. The third-order valence-corrected chi connectivity index (χ3v) is 13.9. The molecule has 0 amide bonds. The topological polar surface area (TPSA) is 25.2 Å². The number of rotatable bonds is 7. The van der Waals surface area contributed by atoms with Crippen molar-refractivity contribution in [3.63, 3.8) is 0 Å². The Morgan fingerprint density at radius 3 is 2.04 bits per heavy atom. The molecule has 57 heavy (non-hydrogen) atoms. The molecular weight excluding hydrogens is 693 g/mol. The van der Waals surface area contributed by atoms with Gasteiger partial charge in [-0.05, 0) is 113 Å². The van der Waals surface area contributed by atoms with Gasteiger partial charge in [0.15, 0.2) is 0 Å². The third-order valence-electron chi connectivity index (χ3n) is 13.9. The van der Waals surface area contributed by atoms with Crippen LogP contribution in [0.5, 0.6) is 0 Å². The third kappa shape index (κ3) is 4.69. The van der Waals surface area contributed by atoms with Gasteiger partial charge >= 0.3 is 0 Å². The summed E-state index contributed by atoms with van der Waals surface area (Å²) in [6.45, 7) is 8.65. The smallest absolute Gasteiger partial charge is 0.228 e. The lowest BCUT2D eigenvalue weighted by molar-refractivity contribution is 0.0946. The summed E-state index contributed by atoms with van der Waals surface area (Å²) in [6.07, 6.45) is 6.82. The summed E-state index contributed by atoms with van der Waals surface area (Å²) in [6, 6.07) is 50.1. The maximum Gasteiger partial charge on any atom is 0.228 e. The van der Waals surface area contributed by atoms with Crippen molar-refractivity contribution in [2.45, 2.75) is 83.5 Å². The number of nitrogens with zero attached hydrogens (tertiary/aromatic N) is 2. The summed E-state index contributed by atoms with van der Waals surface area (Å²) in [5.74, 6) is 1.08. The van der Waals surface area contributed by atoms with Gasteiger partial charge in [-0.15, -0.1) is 0 Å². The zero-order chi connectivity index (χ0) is 38.6. The van der Waals surface area contributed by atoms with Crippen LogP contribution in [0.25, 0.3) is 54.8 Å². The van der Waals surface area contributed by atoms with E-state index in [1.807, 2.05) is 10.6 Å². The molecule has 2 unspecified atom stereocenters. The summed E-state index contributed by atoms with van der Waals surface area (Å²) in [5.41, 5.74) is 17.7. The van der Waals surface area contributed by atoms with E-state index in [1.165, 1.54) is 85.1 Å². The Morgan fingerprint density at radius 1 is 0.614 bits per heavy atom. The van der Waals surface area contributed by atoms with Crippen molar-refractivity contribution >= 4 is 55.5 Å². The van der Waals surface area contributed by atoms with E-state index >= 15 is 0 Å². The fourth-order valence-electron chi connectivity index (χ4n) is 11.7. The first kappa shape index (κ1) is 34.3. The van der Waals surface area contributed by atoms with Crippen molar-refractivity contribution in [3.8, 4) is 22.3 Å². The molecule has 0 saturated heterocycles. The van der Waals surface area contributed by atoms with E-state index in [9.17, 15) is 4.79 Å². The van der Waals surface area contributed by atoms with E-state index in [4.69, 9.17) is 0 Å². The quantitative estimate of drug-likeness (QED) is 0.163. The molecule has 1 fully saturated rings. The van der Waals surface area contributed by atoms with Crippen molar-refractivity contribution < 1.29 is 4.79 Å². The number of aromatic nitrogens is 1. The fourth-order valence-corrected chi connectivity index (χ4v) is 11.7. The van der Waals surface area contributed by atoms with Crippen LogP contribution in [0.4, 0.5) is 17.1 Å². The normalized spacial score (nSPS) is 17.1. The zero-order valence-corrected chi connectivity index (χ0v) is 33.4. The largest absolute Gasteiger partial charge is 0.307 e. The summed E-state index contributed by atoms with van der Waals surface area (Å²) in [4.78, 5) is 16.5. The Morgan fingerprint density at radius 2 is 1.26 bits per heavy atom. The number of anilines is 3. The van der Waals surface area contributed by atoms with E-state index in [-0.39, 0.29) is 11.3 Å². The highest BCUT2D eigenvalue weighted by Crippen LogP contribution is 2.62. The van der Waals surface area contributed by atoms with E-state index in [0.29, 0.717) is 11.8 Å². The standard InChI is InChI=1S/C54H48N2O/c1-5-29-54(30-6-2)45-31-33(3)25-26-44(45)51-42-19-10-8-16-38(42)50(32-46(51)54)56(49-24-14-21-43-39-17-11-12-22-47(39)55(34(4)57)53(43)49)48-23-13-20-41-37-28-27-36(37)35-15-7-9-18-40(35)52(41)48/h7-26,31-32,36-37H,5-6,27-30H2,1-4H3. The summed E-state index contributed by atoms with van der Waals surface area (Å²) in [5, 5.41) is 4.69. The lowest BCUT2D eigenvalue weighted by atomic mass is 9.60. The predicted octanol–water partition coefficient (Wildman–Crippen LogP) is 14.9. The maximum absolute atomic E-state index is 14.0. The molecule has 0 spiro atoms. The van der Waals surface area contributed by atoms with Gasteiger partial charge in [0, 0.05) is 34.1 Å². The number of aryl methyl sites for hydroxylation is 1. The number of hydrogen-bond acceptors (Lipinski definition) is 2. The Labute approximate surface area is 335 Å². The Balaban J connectivity index is 1.31. The van der Waals surface area contributed by atoms with Gasteiger partial charge in [0.1, 0.15) is 0 Å². The second-order valence-electron chi connectivity index (χ2n) is 17.0. The summed E-state index contributed by atoms with van der Waals surface area (Å²) < 4.78 is 1.96. The van der Waals surface area contributed by atoms with Crippen LogP contribution in [0.15, 0.2) is 133 Å². The number of fused-ring (bicyclic) bond motifs is 14. The molecule has 0 aliphatic heterocycles. The van der Waals surface area contributed by atoms with E-state index < -0.39 is 0 Å². The van der Waals surface area contributed by atoms with Crippen molar-refractivity contribution in [1.29, 1.82) is 0 Å². The average Bonchev–Trinajstić information content (AvgIpc) is 3.69. The van der Waals surface area contributed by atoms with Crippen molar-refractivity contribution in [1.82, 2.24) is 4.57 Å². The molecule has 3 aliphatic carbocycles. The van der Waals surface area contributed by atoms with Crippen LogP contribution < -0.4 is 4.90 Å². The second-order valence-corrected chi connectivity index (χ2v) is 17.0. The molecular formula is C54H48N2O. The van der Waals surface area contributed by atoms with Gasteiger partial charge in [-0.1, -0.05) is 141 Å². The van der Waals surface area contributed by atoms with Gasteiger partial charge in [-0.2, -0.15) is 0 Å². The van der Waals surface area contributed by atoms with E-state index in [2.05, 4.69) is 153 Å². The minimum atomic E-state index is -0.104. The highest BCUT2D eigenvalue weighted by atomic mass is 16.1. The highest BCUT2D eigenvalue weighted by Gasteiger charge is 2.45. The van der Waals surface area contributed by atoms with Gasteiger partial charge in [0.25, 0.3) is 0 Å². The molecule has 0 N–H and O–H groups in total. The molecule has 0 radical (unpaired) electrons. The van der Waals surface area contributed by atoms with Gasteiger partial charge in [-0.25, -0.2) is 0 Å². The number of carbonyl (C=O) groups is 1. The van der Waals surface area contributed by atoms with Crippen LogP contribution in [0.3, 0.4) is 0 Å². The molecule has 1 aromatic heterocycles. The van der Waals surface area contributed by atoms with Gasteiger partial charge in [0.05, 0.1) is 28.1 Å². The van der Waals surface area contributed by atoms with Crippen molar-refractivity contribution in [3.05, 3.63) is 161 Å². The highest BCUT2D eigenvalue weighted by molar-refractivity contribution is 6.19. The molecule has 1 saturated carbocycles. The minimum Gasteiger partial charge on any atom is -0.307 e. The number of benzene rings is 7. The van der Waals surface area contributed by atoms with Crippen LogP contribution in [0, 0.1) is 6.92 Å². The van der Waals surface area contributed by atoms with Crippen LogP contribution >= 0.6 is 0 Å². The van der Waals surface area contributed by atoms with Gasteiger partial charge < -0.3 is 4.90 Å². The van der Waals surface area contributed by atoms with E-state index in [1.54, 1.807) is 6.92 Å². The first-order valence-corrected chi connectivity index (χ1v) is 21.2. The Bertz CT molecular complexity index is 2960. The van der Waals surface area contributed by atoms with E-state index in [0.717, 1.165) is 53.2 Å². The lowest BCUT2D eigenvalue weighted by Crippen LogP contribution is -2.27. The summed E-state index contributed by atoms with van der Waals surface area (Å²) >= 11 is 0. The van der Waals surface area contributed by atoms with Gasteiger partial charge in [-0.3, -0.25) is 9.36 Å². The molecule has 3 heteroatoms. The van der Waals surface area contributed by atoms with Crippen molar-refractivity contribution in [2.24, 2.45) is 0 Å². The van der Waals surface area contributed by atoms with Crippen molar-refractivity contribution in [2.75, 3.05) is 4.90 Å². The van der Waals surface area contributed by atoms with Crippen LogP contribution in [-0.4, -0.2) is 10.5 Å². The molecule has 3 aliphatic rings. The molecule has 2 atom stereocenters. The zero-order valence-electron chi connectivity index (χ0n) is 33.4. The first-order valence-electron chi connectivity index (χ1n) is 21.2. The van der Waals surface area contributed by atoms with Crippen LogP contribution in [0.2, 0.25) is 0 Å². The summed E-state index contributed by atoms with van der Waals surface area (Å²) in [7, 11) is 0. The lowest BCUT2D eigenvalue weighted by Gasteiger charge is -2.45. The SMILES string of the molecule is CCCC1(CCC)c2cc(C)ccc2-c2c1cc(N(c1cccc3c1-c1ccccc1C1CCC31)c1cccc3c4ccccc4n(C(C)=O)c13)c1ccccc21. The minimum absolute atomic E-state index is 0.0147. The molecule has 8 aromatic rings. The average molecular weight is 741 g/mol. The first-order chi connectivity index (χ1) is 27.9. The maximum atomic E-state index is 14.0. The molecule has 3 nitrogen and oxygen atoms in total. The number of hydrogen-bond donors (Lipinski definition) is 0. The fraction of sp³-hybridized carbons (Fsp3) is 0.241.